The van der Waals surface area contributed by atoms with Gasteiger partial charge in [0.15, 0.2) is 11.0 Å². The molecule has 32 heavy (non-hydrogen) atoms. The molecule has 1 aliphatic heterocycles. The fourth-order valence-electron chi connectivity index (χ4n) is 3.21. The Bertz CT molecular complexity index is 1090. The van der Waals surface area contributed by atoms with Crippen LogP contribution in [0.25, 0.3) is 5.69 Å². The molecule has 0 aliphatic carbocycles. The molecule has 1 saturated heterocycles. The summed E-state index contributed by atoms with van der Waals surface area (Å²) in [6.07, 6.45) is 0. The number of amides is 1. The number of nitrogens with one attached hydrogen (secondary N) is 1. The molecule has 168 valence electrons. The van der Waals surface area contributed by atoms with Gasteiger partial charge in [0.1, 0.15) is 0 Å². The van der Waals surface area contributed by atoms with E-state index in [0.29, 0.717) is 40.6 Å². The van der Waals surface area contributed by atoms with Gasteiger partial charge >= 0.3 is 0 Å². The van der Waals surface area contributed by atoms with Crippen molar-refractivity contribution in [2.75, 3.05) is 37.4 Å². The molecule has 1 N–H and O–H groups in total. The number of morpholine rings is 1. The number of ether oxygens (including phenoxy) is 1. The minimum absolute atomic E-state index is 0.162. The van der Waals surface area contributed by atoms with Crippen LogP contribution in [0.2, 0.25) is 10.0 Å². The highest BCUT2D eigenvalue weighted by atomic mass is 79.9. The third-order valence-corrected chi connectivity index (χ3v) is 6.78. The largest absolute Gasteiger partial charge is 0.379 e. The maximum atomic E-state index is 12.5. The minimum atomic E-state index is -0.181. The molecule has 0 saturated carbocycles. The van der Waals surface area contributed by atoms with Gasteiger partial charge in [-0.1, -0.05) is 50.9 Å². The summed E-state index contributed by atoms with van der Waals surface area (Å²) in [5.74, 6) is 0.781. The first kappa shape index (κ1) is 23.5. The first-order valence-electron chi connectivity index (χ1n) is 9.87. The smallest absolute Gasteiger partial charge is 0.234 e. The topological polar surface area (TPSA) is 72.3 Å². The molecule has 11 heteroatoms. The first-order valence-corrected chi connectivity index (χ1v) is 12.4. The summed E-state index contributed by atoms with van der Waals surface area (Å²) in [6.45, 7) is 3.73. The highest BCUT2D eigenvalue weighted by Gasteiger charge is 2.20. The molecule has 0 spiro atoms. The average Bonchev–Trinajstić information content (AvgIpc) is 3.18. The monoisotopic (exact) mass is 555 g/mol. The number of carbonyl (C=O) groups excluding carboxylic acids is 1. The Morgan fingerprint density at radius 1 is 1.12 bits per heavy atom. The summed E-state index contributed by atoms with van der Waals surface area (Å²) in [6, 6.07) is 12.8. The molecule has 2 aromatic carbocycles. The number of thioether (sulfide) groups is 1. The van der Waals surface area contributed by atoms with Crippen LogP contribution in [0.3, 0.4) is 0 Å². The van der Waals surface area contributed by atoms with Crippen molar-refractivity contribution in [2.24, 2.45) is 0 Å². The van der Waals surface area contributed by atoms with Crippen LogP contribution in [0.1, 0.15) is 5.82 Å². The van der Waals surface area contributed by atoms with Gasteiger partial charge in [0, 0.05) is 28.3 Å². The van der Waals surface area contributed by atoms with Crippen molar-refractivity contribution in [3.63, 3.8) is 0 Å². The van der Waals surface area contributed by atoms with E-state index < -0.39 is 0 Å². The average molecular weight is 557 g/mol. The highest BCUT2D eigenvalue weighted by Crippen LogP contribution is 2.27. The first-order chi connectivity index (χ1) is 15.5. The van der Waals surface area contributed by atoms with Crippen molar-refractivity contribution in [3.8, 4) is 5.69 Å². The second kappa shape index (κ2) is 11.0. The normalized spacial score (nSPS) is 14.5. The van der Waals surface area contributed by atoms with Crippen molar-refractivity contribution in [3.05, 3.63) is 62.8 Å². The molecule has 1 fully saturated rings. The highest BCUT2D eigenvalue weighted by molar-refractivity contribution is 9.10. The van der Waals surface area contributed by atoms with Gasteiger partial charge in [0.25, 0.3) is 0 Å². The maximum absolute atomic E-state index is 12.5. The molecule has 1 aliphatic rings. The number of hydrogen-bond acceptors (Lipinski definition) is 6. The number of benzene rings is 2. The van der Waals surface area contributed by atoms with Crippen LogP contribution in [0.5, 0.6) is 0 Å². The van der Waals surface area contributed by atoms with Crippen molar-refractivity contribution in [2.45, 2.75) is 11.7 Å². The number of anilines is 1. The Morgan fingerprint density at radius 3 is 2.59 bits per heavy atom. The van der Waals surface area contributed by atoms with E-state index >= 15 is 0 Å². The zero-order valence-corrected chi connectivity index (χ0v) is 20.8. The summed E-state index contributed by atoms with van der Waals surface area (Å²) in [5, 5.41) is 13.4. The van der Waals surface area contributed by atoms with Gasteiger partial charge in [-0.3, -0.25) is 14.3 Å². The van der Waals surface area contributed by atoms with Crippen molar-refractivity contribution in [1.82, 2.24) is 19.7 Å². The number of halogens is 3. The Hall–Kier alpha value is -1.62. The van der Waals surface area contributed by atoms with Crippen molar-refractivity contribution in [1.29, 1.82) is 0 Å². The van der Waals surface area contributed by atoms with Gasteiger partial charge in [-0.25, -0.2) is 0 Å². The Kier molecular flexibility index (Phi) is 8.09. The third kappa shape index (κ3) is 6.03. The van der Waals surface area contributed by atoms with Crippen LogP contribution in [-0.2, 0) is 16.1 Å². The van der Waals surface area contributed by atoms with E-state index in [-0.39, 0.29) is 11.7 Å². The predicted octanol–water partition coefficient (Wildman–Crippen LogP) is 4.90. The second-order valence-electron chi connectivity index (χ2n) is 7.06. The van der Waals surface area contributed by atoms with E-state index in [1.807, 2.05) is 34.9 Å². The van der Waals surface area contributed by atoms with E-state index in [1.54, 1.807) is 12.1 Å². The molecule has 2 heterocycles. The molecule has 0 unspecified atom stereocenters. The van der Waals surface area contributed by atoms with Gasteiger partial charge < -0.3 is 10.1 Å². The van der Waals surface area contributed by atoms with E-state index in [2.05, 4.69) is 36.3 Å². The van der Waals surface area contributed by atoms with Gasteiger partial charge in [0.05, 0.1) is 36.2 Å². The Morgan fingerprint density at radius 2 is 1.88 bits per heavy atom. The fraction of sp³-hybridized carbons (Fsp3) is 0.286. The lowest BCUT2D eigenvalue weighted by Crippen LogP contribution is -2.36. The number of carbonyl (C=O) groups is 1. The van der Waals surface area contributed by atoms with Crippen LogP contribution in [0.4, 0.5) is 5.69 Å². The lowest BCUT2D eigenvalue weighted by Gasteiger charge is -2.26. The minimum Gasteiger partial charge on any atom is -0.379 e. The van der Waals surface area contributed by atoms with E-state index in [0.717, 1.165) is 29.1 Å². The van der Waals surface area contributed by atoms with E-state index in [4.69, 9.17) is 27.9 Å². The van der Waals surface area contributed by atoms with Crippen LogP contribution in [0.15, 0.2) is 52.1 Å². The van der Waals surface area contributed by atoms with Gasteiger partial charge in [-0.05, 0) is 42.5 Å². The van der Waals surface area contributed by atoms with Crippen LogP contribution in [-0.4, -0.2) is 57.6 Å². The Balaban J connectivity index is 1.50. The maximum Gasteiger partial charge on any atom is 0.234 e. The van der Waals surface area contributed by atoms with E-state index in [1.165, 1.54) is 11.8 Å². The lowest BCUT2D eigenvalue weighted by atomic mass is 10.3. The molecule has 0 bridgehead atoms. The number of rotatable bonds is 7. The zero-order valence-electron chi connectivity index (χ0n) is 16.9. The molecule has 4 rings (SSSR count). The quantitative estimate of drug-likeness (QED) is 0.417. The predicted molar refractivity (Wildman–Crippen MR) is 131 cm³/mol. The zero-order chi connectivity index (χ0) is 22.5. The second-order valence-corrected chi connectivity index (χ2v) is 9.76. The van der Waals surface area contributed by atoms with E-state index in [9.17, 15) is 4.79 Å². The Labute approximate surface area is 208 Å². The molecular weight excluding hydrogens is 537 g/mol. The molecule has 3 aromatic rings. The van der Waals surface area contributed by atoms with Crippen LogP contribution < -0.4 is 5.32 Å². The molecule has 0 atom stereocenters. The number of nitrogens with zero attached hydrogens (tertiary/aromatic N) is 4. The summed E-state index contributed by atoms with van der Waals surface area (Å²) in [4.78, 5) is 14.8. The number of aromatic nitrogens is 3. The summed E-state index contributed by atoms with van der Waals surface area (Å²) in [7, 11) is 0. The molecule has 1 aromatic heterocycles. The fourth-order valence-corrected chi connectivity index (χ4v) is 4.83. The van der Waals surface area contributed by atoms with Gasteiger partial charge in [-0.15, -0.1) is 10.2 Å². The van der Waals surface area contributed by atoms with Gasteiger partial charge in [-0.2, -0.15) is 0 Å². The molecule has 1 amide bonds. The molecule has 7 nitrogen and oxygen atoms in total. The lowest BCUT2D eigenvalue weighted by molar-refractivity contribution is -0.113. The third-order valence-electron chi connectivity index (χ3n) is 4.79. The van der Waals surface area contributed by atoms with Crippen LogP contribution in [0, 0.1) is 0 Å². The molecular formula is C21H20BrCl2N5O2S. The van der Waals surface area contributed by atoms with Crippen LogP contribution >= 0.6 is 50.9 Å². The van der Waals surface area contributed by atoms with Crippen molar-refractivity contribution < 1.29 is 9.53 Å². The standard InChI is InChI=1S/C21H20BrCl2N5O2S/c22-14-1-6-18(17(24)11-14)25-20(30)13-32-21-27-26-19(12-28-7-9-31-10-8-28)29(21)16-4-2-15(23)3-5-16/h1-6,11H,7-10,12-13H2,(H,25,30). The molecule has 0 radical (unpaired) electrons. The summed E-state index contributed by atoms with van der Waals surface area (Å²) in [5.41, 5.74) is 1.45. The van der Waals surface area contributed by atoms with Crippen molar-refractivity contribution >= 4 is 62.5 Å². The van der Waals surface area contributed by atoms with Gasteiger partial charge in [0.2, 0.25) is 5.91 Å². The SMILES string of the molecule is O=C(CSc1nnc(CN2CCOCC2)n1-c1ccc(Cl)cc1)Nc1ccc(Br)cc1Cl. The summed E-state index contributed by atoms with van der Waals surface area (Å²) < 4.78 is 8.25. The number of hydrogen-bond donors (Lipinski definition) is 1. The summed E-state index contributed by atoms with van der Waals surface area (Å²) >= 11 is 17.0.